The molecule has 0 heterocycles. The summed E-state index contributed by atoms with van der Waals surface area (Å²) in [6, 6.07) is 0. The highest BCUT2D eigenvalue weighted by Crippen LogP contribution is 2.18. The number of halogens is 1. The molecular weight excluding hydrogens is 398 g/mol. The van der Waals surface area contributed by atoms with Gasteiger partial charge >= 0.3 is 12.1 Å². The Morgan fingerprint density at radius 3 is 2.34 bits per heavy atom. The predicted molar refractivity (Wildman–Crippen MR) is 113 cm³/mol. The first-order chi connectivity index (χ1) is 13.6. The van der Waals surface area contributed by atoms with E-state index in [1.54, 1.807) is 33.8 Å². The molecule has 0 unspecified atom stereocenters. The lowest BCUT2D eigenvalue weighted by molar-refractivity contribution is -0.132. The van der Waals surface area contributed by atoms with Crippen molar-refractivity contribution in [3.8, 4) is 0 Å². The summed E-state index contributed by atoms with van der Waals surface area (Å²) in [6.45, 7) is 12.2. The van der Waals surface area contributed by atoms with Crippen LogP contribution in [0.1, 0.15) is 41.0 Å². The van der Waals surface area contributed by atoms with Crippen LogP contribution in [0.4, 0.5) is 4.79 Å². The van der Waals surface area contributed by atoms with E-state index in [1.165, 1.54) is 25.3 Å². The first-order valence-corrected chi connectivity index (χ1v) is 9.22. The Hall–Kier alpha value is -2.87. The molecule has 0 aromatic carbocycles. The number of ether oxygens (including phenoxy) is 2. The molecule has 0 aliphatic rings. The molecular formula is C20H28ClN3O5. The molecule has 0 saturated carbocycles. The van der Waals surface area contributed by atoms with Gasteiger partial charge in [0.2, 0.25) is 0 Å². The van der Waals surface area contributed by atoms with Gasteiger partial charge in [0.25, 0.3) is 5.91 Å². The van der Waals surface area contributed by atoms with Crippen LogP contribution in [0.3, 0.4) is 0 Å². The lowest BCUT2D eigenvalue weighted by Crippen LogP contribution is -2.40. The molecule has 160 valence electrons. The van der Waals surface area contributed by atoms with Crippen molar-refractivity contribution >= 4 is 35.8 Å². The Balaban J connectivity index is 5.93. The van der Waals surface area contributed by atoms with E-state index in [0.29, 0.717) is 6.42 Å². The van der Waals surface area contributed by atoms with Crippen LogP contribution in [0.2, 0.25) is 0 Å². The molecule has 0 atom stereocenters. The minimum absolute atomic E-state index is 0.0450. The Morgan fingerprint density at radius 2 is 1.90 bits per heavy atom. The maximum atomic E-state index is 12.7. The average molecular weight is 426 g/mol. The van der Waals surface area contributed by atoms with E-state index in [-0.39, 0.29) is 16.4 Å². The van der Waals surface area contributed by atoms with E-state index in [4.69, 9.17) is 16.3 Å². The van der Waals surface area contributed by atoms with Crippen LogP contribution in [-0.4, -0.2) is 41.9 Å². The molecule has 0 radical (unpaired) electrons. The second-order valence-corrected chi connectivity index (χ2v) is 6.56. The summed E-state index contributed by atoms with van der Waals surface area (Å²) in [5, 5.41) is 7.22. The zero-order valence-electron chi connectivity index (χ0n) is 17.6. The van der Waals surface area contributed by atoms with Crippen molar-refractivity contribution < 1.29 is 23.9 Å². The number of nitrogens with one attached hydrogen (secondary N) is 1. The topological polar surface area (TPSA) is 97.3 Å². The smallest absolute Gasteiger partial charge is 0.437 e. The molecule has 0 spiro atoms. The second kappa shape index (κ2) is 12.6. The van der Waals surface area contributed by atoms with E-state index in [2.05, 4.69) is 21.7 Å². The normalized spacial score (nSPS) is 13.1. The highest BCUT2D eigenvalue weighted by atomic mass is 35.5. The number of rotatable bonds is 9. The lowest BCUT2D eigenvalue weighted by atomic mass is 10.1. The van der Waals surface area contributed by atoms with Gasteiger partial charge in [-0.05, 0) is 46.3 Å². The third kappa shape index (κ3) is 8.78. The summed E-state index contributed by atoms with van der Waals surface area (Å²) >= 11 is 6.08. The number of esters is 1. The van der Waals surface area contributed by atoms with Crippen molar-refractivity contribution in [1.29, 1.82) is 0 Å². The highest BCUT2D eigenvalue weighted by molar-refractivity contribution is 6.33. The van der Waals surface area contributed by atoms with Crippen LogP contribution in [0, 0.1) is 0 Å². The second-order valence-electron chi connectivity index (χ2n) is 6.15. The summed E-state index contributed by atoms with van der Waals surface area (Å²) in [5.74, 6) is -1.46. The number of amides is 2. The van der Waals surface area contributed by atoms with E-state index >= 15 is 0 Å². The molecule has 0 fully saturated rings. The molecule has 9 heteroatoms. The molecule has 0 bridgehead atoms. The number of carbonyl (C=O) groups excluding carboxylic acids is 3. The van der Waals surface area contributed by atoms with Crippen molar-refractivity contribution in [2.24, 2.45) is 5.10 Å². The van der Waals surface area contributed by atoms with Gasteiger partial charge in [-0.1, -0.05) is 37.3 Å². The van der Waals surface area contributed by atoms with E-state index in [1.807, 2.05) is 6.92 Å². The van der Waals surface area contributed by atoms with Gasteiger partial charge in [-0.15, -0.1) is 5.01 Å². The summed E-state index contributed by atoms with van der Waals surface area (Å²) in [7, 11) is 1.17. The number of hydrogen-bond donors (Lipinski definition) is 1. The van der Waals surface area contributed by atoms with Gasteiger partial charge in [-0.25, -0.2) is 9.59 Å². The average Bonchev–Trinajstić information content (AvgIpc) is 2.67. The van der Waals surface area contributed by atoms with Gasteiger partial charge in [0.05, 0.1) is 17.7 Å². The molecule has 0 aliphatic heterocycles. The lowest BCUT2D eigenvalue weighted by Gasteiger charge is -2.27. The molecule has 1 N–H and O–H groups in total. The number of methoxy groups -OCH3 is 1. The Morgan fingerprint density at radius 1 is 1.28 bits per heavy atom. The molecule has 2 amide bonds. The third-order valence-corrected chi connectivity index (χ3v) is 3.96. The van der Waals surface area contributed by atoms with Crippen LogP contribution in [0.15, 0.2) is 52.4 Å². The molecule has 8 nitrogen and oxygen atoms in total. The van der Waals surface area contributed by atoms with Crippen LogP contribution in [-0.2, 0) is 19.1 Å². The first-order valence-electron chi connectivity index (χ1n) is 8.84. The van der Waals surface area contributed by atoms with Gasteiger partial charge in [-0.2, -0.15) is 5.10 Å². The summed E-state index contributed by atoms with van der Waals surface area (Å²) in [4.78, 5) is 36.7. The summed E-state index contributed by atoms with van der Waals surface area (Å²) in [5.41, 5.74) is -0.705. The first kappa shape index (κ1) is 26.1. The number of nitrogens with zero attached hydrogens (tertiary/aromatic N) is 2. The van der Waals surface area contributed by atoms with Crippen LogP contribution >= 0.6 is 11.6 Å². The monoisotopic (exact) mass is 425 g/mol. The predicted octanol–water partition coefficient (Wildman–Crippen LogP) is 4.00. The van der Waals surface area contributed by atoms with Crippen LogP contribution in [0.5, 0.6) is 0 Å². The van der Waals surface area contributed by atoms with Crippen molar-refractivity contribution in [3.05, 3.63) is 47.3 Å². The minimum atomic E-state index is -0.894. The van der Waals surface area contributed by atoms with E-state index in [0.717, 1.165) is 11.2 Å². The number of hydrazone groups is 1. The zero-order chi connectivity index (χ0) is 22.6. The number of allylic oxidation sites excluding steroid dienone is 4. The molecule has 0 rings (SSSR count). The highest BCUT2D eigenvalue weighted by Gasteiger charge is 2.28. The molecule has 0 aromatic heterocycles. The quantitative estimate of drug-likeness (QED) is 0.198. The summed E-state index contributed by atoms with van der Waals surface area (Å²) in [6.07, 6.45) is 6.31. The largest absolute Gasteiger partial charge is 0.465 e. The fourth-order valence-electron chi connectivity index (χ4n) is 1.68. The standard InChI is InChI=1S/C20H28ClN3O5/c1-8-12-15(21)14(9-2)18(26)23-16(10-3)24(22-13-17(25)28-7)19(27)29-20(5,6)11-4/h8-10,12-13H,2,11H2,1,3-7H3,(H,23,26)/b12-8-,15-14-,16-10-,22-13+. The fourth-order valence-corrected chi connectivity index (χ4v) is 1.97. The van der Waals surface area contributed by atoms with Gasteiger partial charge in [0.1, 0.15) is 17.6 Å². The van der Waals surface area contributed by atoms with Crippen molar-refractivity contribution in [2.45, 2.75) is 46.6 Å². The van der Waals surface area contributed by atoms with Gasteiger partial charge in [-0.3, -0.25) is 4.79 Å². The molecule has 0 aliphatic carbocycles. The maximum Gasteiger partial charge on any atom is 0.437 e. The Bertz CT molecular complexity index is 751. The molecule has 0 saturated heterocycles. The number of hydrogen-bond acceptors (Lipinski definition) is 6. The Kier molecular flexibility index (Phi) is 11.3. The SMILES string of the molecule is C=C/C(C(=O)N/C(=C/C)N(/N=C/C(=O)OC)C(=O)OC(C)(C)CC)=C(Cl)\C=C/C. The van der Waals surface area contributed by atoms with Crippen LogP contribution < -0.4 is 5.32 Å². The maximum absolute atomic E-state index is 12.7. The van der Waals surface area contributed by atoms with Gasteiger partial charge < -0.3 is 14.8 Å². The van der Waals surface area contributed by atoms with E-state index in [9.17, 15) is 14.4 Å². The minimum Gasteiger partial charge on any atom is -0.465 e. The zero-order valence-corrected chi connectivity index (χ0v) is 18.4. The molecule has 0 aromatic rings. The van der Waals surface area contributed by atoms with Crippen LogP contribution in [0.25, 0.3) is 0 Å². The summed E-state index contributed by atoms with van der Waals surface area (Å²) < 4.78 is 9.90. The van der Waals surface area contributed by atoms with E-state index < -0.39 is 23.6 Å². The van der Waals surface area contributed by atoms with Gasteiger partial charge in [0, 0.05) is 0 Å². The van der Waals surface area contributed by atoms with Crippen molar-refractivity contribution in [1.82, 2.24) is 10.3 Å². The van der Waals surface area contributed by atoms with Gasteiger partial charge in [0.15, 0.2) is 0 Å². The molecule has 29 heavy (non-hydrogen) atoms. The number of carbonyl (C=O) groups is 3. The fraction of sp³-hybridized carbons (Fsp3) is 0.400. The van der Waals surface area contributed by atoms with Crippen molar-refractivity contribution in [2.75, 3.05) is 7.11 Å². The Labute approximate surface area is 176 Å². The van der Waals surface area contributed by atoms with Crippen molar-refractivity contribution in [3.63, 3.8) is 0 Å². The third-order valence-electron chi connectivity index (χ3n) is 3.63.